The lowest BCUT2D eigenvalue weighted by atomic mass is 9.79. The van der Waals surface area contributed by atoms with Crippen LogP contribution in [0, 0.1) is 30.6 Å². The van der Waals surface area contributed by atoms with Gasteiger partial charge in [0, 0.05) is 6.04 Å². The molecule has 2 bridgehead atoms. The van der Waals surface area contributed by atoms with Gasteiger partial charge in [0.15, 0.2) is 0 Å². The van der Waals surface area contributed by atoms with Crippen LogP contribution in [0.1, 0.15) is 53.8 Å². The van der Waals surface area contributed by atoms with Crippen molar-refractivity contribution in [3.8, 4) is 0 Å². The van der Waals surface area contributed by atoms with E-state index in [4.69, 9.17) is 0 Å². The second-order valence-corrected chi connectivity index (χ2v) is 7.56. The lowest BCUT2D eigenvalue weighted by molar-refractivity contribution is -0.141. The number of rotatable bonds is 2. The van der Waals surface area contributed by atoms with Crippen molar-refractivity contribution in [3.05, 3.63) is 29.1 Å². The van der Waals surface area contributed by atoms with Crippen LogP contribution < -0.4 is 5.32 Å². The van der Waals surface area contributed by atoms with Gasteiger partial charge in [-0.1, -0.05) is 6.42 Å². The van der Waals surface area contributed by atoms with Crippen molar-refractivity contribution in [1.82, 2.24) is 10.3 Å². The average Bonchev–Trinajstić information content (AvgIpc) is 3.18. The van der Waals surface area contributed by atoms with Crippen LogP contribution in [0.15, 0.2) is 12.1 Å². The minimum Gasteiger partial charge on any atom is -0.349 e. The molecule has 0 aliphatic heterocycles. The smallest absolute Gasteiger partial charge is 0.349 e. The average molecular weight is 338 g/mol. The fourth-order valence-electron chi connectivity index (χ4n) is 5.44. The molecule has 3 fully saturated rings. The standard InChI is InChI=1S/C18H21F3N2O/c1-9-11(5-6-16(22-9)18(19,20)21)17(24)23-15-8-10-7-14(15)13-4-2-3-12(10)13/h5-6,10,12-15H,2-4,7-8H2,1H3,(H,23,24)/t10-,12-,13+,14+,15-/m1/s1. The number of fused-ring (bicyclic) bond motifs is 5. The summed E-state index contributed by atoms with van der Waals surface area (Å²) in [4.78, 5) is 16.1. The topological polar surface area (TPSA) is 42.0 Å². The number of pyridine rings is 1. The molecule has 1 N–H and O–H groups in total. The summed E-state index contributed by atoms with van der Waals surface area (Å²) in [6.45, 7) is 1.46. The Kier molecular flexibility index (Phi) is 3.62. The van der Waals surface area contributed by atoms with Gasteiger partial charge in [-0.3, -0.25) is 4.79 Å². The second kappa shape index (κ2) is 5.46. The molecule has 3 saturated carbocycles. The Bertz CT molecular complexity index is 673. The maximum atomic E-state index is 12.7. The summed E-state index contributed by atoms with van der Waals surface area (Å²) in [5.41, 5.74) is -0.580. The first kappa shape index (κ1) is 15.9. The minimum atomic E-state index is -4.48. The van der Waals surface area contributed by atoms with Crippen molar-refractivity contribution in [2.24, 2.45) is 23.7 Å². The van der Waals surface area contributed by atoms with Crippen LogP contribution in [0.25, 0.3) is 0 Å². The molecule has 1 aromatic rings. The summed E-state index contributed by atoms with van der Waals surface area (Å²) in [5, 5.41) is 3.08. The summed E-state index contributed by atoms with van der Waals surface area (Å²) < 4.78 is 38.1. The molecule has 0 saturated heterocycles. The van der Waals surface area contributed by atoms with Gasteiger partial charge in [0.2, 0.25) is 0 Å². The third kappa shape index (κ3) is 2.50. The number of carbonyl (C=O) groups excluding carboxylic acids is 1. The van der Waals surface area contributed by atoms with E-state index in [-0.39, 0.29) is 23.2 Å². The van der Waals surface area contributed by atoms with E-state index >= 15 is 0 Å². The quantitative estimate of drug-likeness (QED) is 0.887. The Hall–Kier alpha value is -1.59. The molecule has 130 valence electrons. The van der Waals surface area contributed by atoms with Crippen molar-refractivity contribution in [2.45, 2.75) is 51.2 Å². The molecular weight excluding hydrogens is 317 g/mol. The Morgan fingerprint density at radius 1 is 1.17 bits per heavy atom. The number of nitrogens with zero attached hydrogens (tertiary/aromatic N) is 1. The highest BCUT2D eigenvalue weighted by atomic mass is 19.4. The van der Waals surface area contributed by atoms with Gasteiger partial charge in [-0.05, 0) is 68.4 Å². The van der Waals surface area contributed by atoms with E-state index in [1.165, 1.54) is 38.7 Å². The SMILES string of the molecule is Cc1nc(C(F)(F)F)ccc1C(=O)N[C@@H]1C[C@H]2C[C@H]1[C@H]1CCC[C@H]21. The van der Waals surface area contributed by atoms with E-state index in [2.05, 4.69) is 10.3 Å². The first-order valence-corrected chi connectivity index (χ1v) is 8.70. The number of alkyl halides is 3. The highest BCUT2D eigenvalue weighted by Gasteiger charge is 2.54. The van der Waals surface area contributed by atoms with Crippen LogP contribution in [0.5, 0.6) is 0 Å². The zero-order valence-electron chi connectivity index (χ0n) is 13.6. The second-order valence-electron chi connectivity index (χ2n) is 7.56. The molecule has 0 spiro atoms. The molecular formula is C18H21F3N2O. The van der Waals surface area contributed by atoms with Crippen molar-refractivity contribution in [3.63, 3.8) is 0 Å². The predicted octanol–water partition coefficient (Wildman–Crippen LogP) is 3.96. The molecule has 3 nitrogen and oxygen atoms in total. The fourth-order valence-corrected chi connectivity index (χ4v) is 5.44. The maximum Gasteiger partial charge on any atom is 0.433 e. The summed E-state index contributed by atoms with van der Waals surface area (Å²) in [6.07, 6.45) is 1.62. The largest absolute Gasteiger partial charge is 0.433 e. The Morgan fingerprint density at radius 2 is 1.92 bits per heavy atom. The first-order valence-electron chi connectivity index (χ1n) is 8.70. The molecule has 0 unspecified atom stereocenters. The summed E-state index contributed by atoms with van der Waals surface area (Å²) in [7, 11) is 0. The van der Waals surface area contributed by atoms with E-state index in [1.807, 2.05) is 0 Å². The number of hydrogen-bond acceptors (Lipinski definition) is 2. The molecule has 4 rings (SSSR count). The molecule has 6 heteroatoms. The molecule has 5 atom stereocenters. The van der Waals surface area contributed by atoms with Crippen LogP contribution in [0.3, 0.4) is 0 Å². The van der Waals surface area contributed by atoms with E-state index in [0.717, 1.165) is 30.2 Å². The molecule has 1 amide bonds. The lowest BCUT2D eigenvalue weighted by Gasteiger charge is -2.32. The van der Waals surface area contributed by atoms with Crippen molar-refractivity contribution in [2.75, 3.05) is 0 Å². The van der Waals surface area contributed by atoms with Gasteiger partial charge >= 0.3 is 6.18 Å². The van der Waals surface area contributed by atoms with Crippen molar-refractivity contribution < 1.29 is 18.0 Å². The highest BCUT2D eigenvalue weighted by molar-refractivity contribution is 5.95. The molecule has 0 radical (unpaired) electrons. The zero-order chi connectivity index (χ0) is 17.1. The zero-order valence-corrected chi connectivity index (χ0v) is 13.6. The van der Waals surface area contributed by atoms with E-state index in [9.17, 15) is 18.0 Å². The number of amides is 1. The third-order valence-corrected chi connectivity index (χ3v) is 6.37. The molecule has 24 heavy (non-hydrogen) atoms. The number of hydrogen-bond donors (Lipinski definition) is 1. The van der Waals surface area contributed by atoms with Crippen LogP contribution in [-0.4, -0.2) is 16.9 Å². The lowest BCUT2D eigenvalue weighted by Crippen LogP contribution is -2.42. The summed E-state index contributed by atoms with van der Waals surface area (Å²) in [5.74, 6) is 2.56. The van der Waals surface area contributed by atoms with E-state index in [1.54, 1.807) is 0 Å². The normalized spacial score (nSPS) is 34.4. The fraction of sp³-hybridized carbons (Fsp3) is 0.667. The van der Waals surface area contributed by atoms with E-state index < -0.39 is 11.9 Å². The van der Waals surface area contributed by atoms with Gasteiger partial charge in [0.1, 0.15) is 5.69 Å². The van der Waals surface area contributed by atoms with Crippen molar-refractivity contribution in [1.29, 1.82) is 0 Å². The molecule has 1 heterocycles. The minimum absolute atomic E-state index is 0.129. The highest BCUT2D eigenvalue weighted by Crippen LogP contribution is 2.58. The Morgan fingerprint density at radius 3 is 2.62 bits per heavy atom. The molecule has 3 aliphatic rings. The van der Waals surface area contributed by atoms with Crippen molar-refractivity contribution >= 4 is 5.91 Å². The third-order valence-electron chi connectivity index (χ3n) is 6.37. The number of halogens is 3. The summed E-state index contributed by atoms with van der Waals surface area (Å²) in [6, 6.07) is 2.30. The predicted molar refractivity (Wildman–Crippen MR) is 82.3 cm³/mol. The Balaban J connectivity index is 1.47. The van der Waals surface area contributed by atoms with Crippen LogP contribution in [0.2, 0.25) is 0 Å². The van der Waals surface area contributed by atoms with Gasteiger partial charge in [0.05, 0.1) is 11.3 Å². The van der Waals surface area contributed by atoms with Crippen LogP contribution >= 0.6 is 0 Å². The van der Waals surface area contributed by atoms with Gasteiger partial charge in [-0.25, -0.2) is 4.98 Å². The van der Waals surface area contributed by atoms with Crippen LogP contribution in [0.4, 0.5) is 13.2 Å². The molecule has 1 aromatic heterocycles. The van der Waals surface area contributed by atoms with Crippen LogP contribution in [-0.2, 0) is 6.18 Å². The maximum absolute atomic E-state index is 12.7. The van der Waals surface area contributed by atoms with E-state index in [0.29, 0.717) is 5.92 Å². The number of nitrogens with one attached hydrogen (secondary N) is 1. The van der Waals surface area contributed by atoms with Gasteiger partial charge < -0.3 is 5.32 Å². The number of aryl methyl sites for hydroxylation is 1. The molecule has 3 aliphatic carbocycles. The Labute approximate surface area is 139 Å². The monoisotopic (exact) mass is 338 g/mol. The van der Waals surface area contributed by atoms with Gasteiger partial charge in [0.25, 0.3) is 5.91 Å². The molecule has 0 aromatic carbocycles. The number of carbonyl (C=O) groups is 1. The van der Waals surface area contributed by atoms with Gasteiger partial charge in [-0.15, -0.1) is 0 Å². The number of aromatic nitrogens is 1. The summed E-state index contributed by atoms with van der Waals surface area (Å²) >= 11 is 0. The van der Waals surface area contributed by atoms with Gasteiger partial charge in [-0.2, -0.15) is 13.2 Å². The first-order chi connectivity index (χ1) is 11.3.